The van der Waals surface area contributed by atoms with Crippen LogP contribution in [-0.2, 0) is 23.6 Å². The van der Waals surface area contributed by atoms with E-state index < -0.39 is 0 Å². The van der Waals surface area contributed by atoms with Crippen molar-refractivity contribution >= 4 is 29.3 Å². The van der Waals surface area contributed by atoms with Crippen LogP contribution in [-0.4, -0.2) is 30.7 Å². The van der Waals surface area contributed by atoms with E-state index in [1.807, 2.05) is 50.5 Å². The summed E-state index contributed by atoms with van der Waals surface area (Å²) in [5.74, 6) is 1.33. The first kappa shape index (κ1) is 18.8. The van der Waals surface area contributed by atoms with Gasteiger partial charge < -0.3 is 10.2 Å². The first-order chi connectivity index (χ1) is 11.5. The minimum Gasteiger partial charge on any atom is -0.351 e. The van der Waals surface area contributed by atoms with Crippen LogP contribution in [0.1, 0.15) is 16.7 Å². The number of hydrogen-bond donors (Lipinski definition) is 1. The molecule has 3 nitrogen and oxygen atoms in total. The predicted octanol–water partition coefficient (Wildman–Crippen LogP) is 3.95. The van der Waals surface area contributed by atoms with Gasteiger partial charge in [-0.2, -0.15) is 0 Å². The molecule has 5 heteroatoms. The summed E-state index contributed by atoms with van der Waals surface area (Å²) >= 11 is 7.47. The first-order valence-corrected chi connectivity index (χ1v) is 9.38. The van der Waals surface area contributed by atoms with Crippen molar-refractivity contribution in [1.82, 2.24) is 10.2 Å². The fourth-order valence-corrected chi connectivity index (χ4v) is 3.26. The van der Waals surface area contributed by atoms with E-state index in [9.17, 15) is 4.79 Å². The highest BCUT2D eigenvalue weighted by molar-refractivity contribution is 7.99. The van der Waals surface area contributed by atoms with Gasteiger partial charge in [0.1, 0.15) is 0 Å². The second-order valence-corrected chi connectivity index (χ2v) is 7.32. The zero-order valence-corrected chi connectivity index (χ0v) is 15.7. The molecular weight excluding hydrogens is 340 g/mol. The number of halogens is 1. The Kier molecular flexibility index (Phi) is 7.63. The normalized spacial score (nSPS) is 10.8. The first-order valence-electron chi connectivity index (χ1n) is 7.85. The summed E-state index contributed by atoms with van der Waals surface area (Å²) in [6.45, 7) is 1.45. The molecule has 128 valence electrons. The summed E-state index contributed by atoms with van der Waals surface area (Å²) in [5.41, 5.74) is 3.59. The van der Waals surface area contributed by atoms with Crippen LogP contribution in [0.3, 0.4) is 0 Å². The molecular formula is C19H23ClN2OS. The van der Waals surface area contributed by atoms with Crippen molar-refractivity contribution in [3.05, 3.63) is 70.2 Å². The molecule has 2 rings (SSSR count). The van der Waals surface area contributed by atoms with Gasteiger partial charge in [-0.3, -0.25) is 4.79 Å². The van der Waals surface area contributed by atoms with Crippen molar-refractivity contribution in [2.75, 3.05) is 19.8 Å². The van der Waals surface area contributed by atoms with Crippen LogP contribution in [0.5, 0.6) is 0 Å². The van der Waals surface area contributed by atoms with Crippen LogP contribution < -0.4 is 5.32 Å². The molecule has 0 spiro atoms. The summed E-state index contributed by atoms with van der Waals surface area (Å²) in [4.78, 5) is 14.2. The Morgan fingerprint density at radius 3 is 2.42 bits per heavy atom. The van der Waals surface area contributed by atoms with Crippen LogP contribution in [0.2, 0.25) is 5.02 Å². The highest BCUT2D eigenvalue weighted by Gasteiger charge is 2.06. The molecule has 0 bridgehead atoms. The molecule has 0 aromatic heterocycles. The third kappa shape index (κ3) is 6.56. The quantitative estimate of drug-likeness (QED) is 0.771. The van der Waals surface area contributed by atoms with E-state index in [1.54, 1.807) is 11.8 Å². The molecule has 0 aliphatic heterocycles. The average molecular weight is 363 g/mol. The van der Waals surface area contributed by atoms with Gasteiger partial charge >= 0.3 is 0 Å². The molecule has 0 saturated carbocycles. The molecule has 0 saturated heterocycles. The van der Waals surface area contributed by atoms with Crippen molar-refractivity contribution in [3.8, 4) is 0 Å². The van der Waals surface area contributed by atoms with Gasteiger partial charge in [0, 0.05) is 23.9 Å². The van der Waals surface area contributed by atoms with Crippen molar-refractivity contribution in [1.29, 1.82) is 0 Å². The molecule has 0 unspecified atom stereocenters. The molecule has 2 aromatic rings. The lowest BCUT2D eigenvalue weighted by atomic mass is 10.1. The van der Waals surface area contributed by atoms with E-state index in [4.69, 9.17) is 11.6 Å². The van der Waals surface area contributed by atoms with Gasteiger partial charge in [-0.25, -0.2) is 0 Å². The maximum atomic E-state index is 12.0. The molecule has 0 aliphatic rings. The Bertz CT molecular complexity index is 659. The summed E-state index contributed by atoms with van der Waals surface area (Å²) in [5, 5.41) is 3.74. The number of carbonyl (C=O) groups excluding carboxylic acids is 1. The van der Waals surface area contributed by atoms with Gasteiger partial charge in [-0.15, -0.1) is 11.8 Å². The van der Waals surface area contributed by atoms with E-state index in [1.165, 1.54) is 16.7 Å². The molecule has 0 radical (unpaired) electrons. The fraction of sp³-hybridized carbons (Fsp3) is 0.316. The Morgan fingerprint density at radius 2 is 1.75 bits per heavy atom. The smallest absolute Gasteiger partial charge is 0.230 e. The molecule has 0 aliphatic carbocycles. The highest BCUT2D eigenvalue weighted by Crippen LogP contribution is 2.15. The van der Waals surface area contributed by atoms with Gasteiger partial charge in [0.25, 0.3) is 0 Å². The maximum Gasteiger partial charge on any atom is 0.230 e. The SMILES string of the molecule is CN(C)Cc1ccccc1CNC(=O)CSCc1ccc(Cl)cc1. The molecule has 2 aromatic carbocycles. The predicted molar refractivity (Wildman–Crippen MR) is 103 cm³/mol. The Morgan fingerprint density at radius 1 is 1.08 bits per heavy atom. The van der Waals surface area contributed by atoms with E-state index in [-0.39, 0.29) is 5.91 Å². The van der Waals surface area contributed by atoms with Crippen molar-refractivity contribution in [2.24, 2.45) is 0 Å². The van der Waals surface area contributed by atoms with Gasteiger partial charge in [0.15, 0.2) is 0 Å². The number of rotatable bonds is 8. The lowest BCUT2D eigenvalue weighted by Gasteiger charge is -2.14. The molecule has 0 fully saturated rings. The maximum absolute atomic E-state index is 12.0. The highest BCUT2D eigenvalue weighted by atomic mass is 35.5. The summed E-state index contributed by atoms with van der Waals surface area (Å²) in [6, 6.07) is 16.0. The fourth-order valence-electron chi connectivity index (χ4n) is 2.31. The average Bonchev–Trinajstić information content (AvgIpc) is 2.55. The number of amides is 1. The standard InChI is InChI=1S/C19H23ClN2OS/c1-22(2)12-17-6-4-3-5-16(17)11-21-19(23)14-24-13-15-7-9-18(20)10-8-15/h3-10H,11-14H2,1-2H3,(H,21,23). The van der Waals surface area contributed by atoms with Gasteiger partial charge in [-0.1, -0.05) is 48.0 Å². The third-order valence-electron chi connectivity index (χ3n) is 3.50. The lowest BCUT2D eigenvalue weighted by molar-refractivity contribution is -0.118. The largest absolute Gasteiger partial charge is 0.351 e. The number of nitrogens with one attached hydrogen (secondary N) is 1. The number of nitrogens with zero attached hydrogens (tertiary/aromatic N) is 1. The number of carbonyl (C=O) groups is 1. The van der Waals surface area contributed by atoms with Crippen molar-refractivity contribution in [3.63, 3.8) is 0 Å². The number of benzene rings is 2. The van der Waals surface area contributed by atoms with Crippen molar-refractivity contribution < 1.29 is 4.79 Å². The molecule has 1 N–H and O–H groups in total. The van der Waals surface area contributed by atoms with Crippen LogP contribution >= 0.6 is 23.4 Å². The van der Waals surface area contributed by atoms with E-state index >= 15 is 0 Å². The van der Waals surface area contributed by atoms with Crippen LogP contribution in [0.4, 0.5) is 0 Å². The summed E-state index contributed by atoms with van der Waals surface area (Å²) in [7, 11) is 4.09. The lowest BCUT2D eigenvalue weighted by Crippen LogP contribution is -2.25. The number of hydrogen-bond acceptors (Lipinski definition) is 3. The van der Waals surface area contributed by atoms with E-state index in [0.29, 0.717) is 12.3 Å². The third-order valence-corrected chi connectivity index (χ3v) is 4.75. The minimum absolute atomic E-state index is 0.0635. The second-order valence-electron chi connectivity index (χ2n) is 5.90. The van der Waals surface area contributed by atoms with Crippen LogP contribution in [0.25, 0.3) is 0 Å². The topological polar surface area (TPSA) is 32.3 Å². The van der Waals surface area contributed by atoms with Gasteiger partial charge in [0.2, 0.25) is 5.91 Å². The Balaban J connectivity index is 1.76. The van der Waals surface area contributed by atoms with Crippen molar-refractivity contribution in [2.45, 2.75) is 18.8 Å². The Labute approximate surface area is 153 Å². The minimum atomic E-state index is 0.0635. The monoisotopic (exact) mass is 362 g/mol. The van der Waals surface area contributed by atoms with Gasteiger partial charge in [-0.05, 0) is 42.9 Å². The molecule has 0 atom stereocenters. The second kappa shape index (κ2) is 9.72. The summed E-state index contributed by atoms with van der Waals surface area (Å²) in [6.07, 6.45) is 0. The van der Waals surface area contributed by atoms with Crippen LogP contribution in [0, 0.1) is 0 Å². The van der Waals surface area contributed by atoms with E-state index in [0.717, 1.165) is 17.3 Å². The molecule has 24 heavy (non-hydrogen) atoms. The Hall–Kier alpha value is -1.49. The van der Waals surface area contributed by atoms with Gasteiger partial charge in [0.05, 0.1) is 5.75 Å². The summed E-state index contributed by atoms with van der Waals surface area (Å²) < 4.78 is 0. The number of thioether (sulfide) groups is 1. The molecule has 0 heterocycles. The van der Waals surface area contributed by atoms with E-state index in [2.05, 4.69) is 22.3 Å². The zero-order valence-electron chi connectivity index (χ0n) is 14.1. The zero-order chi connectivity index (χ0) is 17.4. The van der Waals surface area contributed by atoms with Crippen LogP contribution in [0.15, 0.2) is 48.5 Å². The molecule has 1 amide bonds.